The minimum atomic E-state index is -0.874. The zero-order valence-electron chi connectivity index (χ0n) is 13.2. The lowest BCUT2D eigenvalue weighted by Gasteiger charge is -2.14. The van der Waals surface area contributed by atoms with E-state index in [-0.39, 0.29) is 18.4 Å². The van der Waals surface area contributed by atoms with E-state index in [1.54, 1.807) is 18.2 Å². The Hall–Kier alpha value is -2.66. The molecule has 1 amide bonds. The van der Waals surface area contributed by atoms with E-state index in [1.807, 2.05) is 30.3 Å². The normalized spacial score (nSPS) is 15.8. The SMILES string of the molecule is O=C(O)CCc1ccccc1C(=O)NCC1OCc2ccccc21. The first-order valence-electron chi connectivity index (χ1n) is 7.92. The van der Waals surface area contributed by atoms with Gasteiger partial charge >= 0.3 is 5.97 Å². The summed E-state index contributed by atoms with van der Waals surface area (Å²) in [4.78, 5) is 23.2. The molecule has 5 nitrogen and oxygen atoms in total. The molecule has 0 aliphatic carbocycles. The fraction of sp³-hybridized carbons (Fsp3) is 0.263. The molecule has 1 aliphatic heterocycles. The molecule has 24 heavy (non-hydrogen) atoms. The first kappa shape index (κ1) is 16.2. The number of nitrogens with one attached hydrogen (secondary N) is 1. The molecule has 0 aromatic heterocycles. The van der Waals surface area contributed by atoms with Crippen LogP contribution in [0.15, 0.2) is 48.5 Å². The lowest BCUT2D eigenvalue weighted by Crippen LogP contribution is -2.29. The standard InChI is InChI=1S/C19H19NO4/c21-18(22)10-9-13-5-1-4-8-16(13)19(23)20-11-17-15-7-3-2-6-14(15)12-24-17/h1-8,17H,9-12H2,(H,20,23)(H,21,22). The Morgan fingerprint density at radius 3 is 2.71 bits per heavy atom. The Kier molecular flexibility index (Phi) is 4.91. The molecule has 2 aromatic carbocycles. The second-order valence-electron chi connectivity index (χ2n) is 5.76. The van der Waals surface area contributed by atoms with E-state index in [0.717, 1.165) is 16.7 Å². The average Bonchev–Trinajstić information content (AvgIpc) is 3.01. The lowest BCUT2D eigenvalue weighted by atomic mass is 10.0. The highest BCUT2D eigenvalue weighted by Gasteiger charge is 2.23. The van der Waals surface area contributed by atoms with Gasteiger partial charge in [0.05, 0.1) is 6.61 Å². The smallest absolute Gasteiger partial charge is 0.303 e. The van der Waals surface area contributed by atoms with Crippen LogP contribution in [0.25, 0.3) is 0 Å². The van der Waals surface area contributed by atoms with Crippen molar-refractivity contribution in [2.45, 2.75) is 25.6 Å². The third-order valence-corrected chi connectivity index (χ3v) is 4.16. The third kappa shape index (κ3) is 3.63. The van der Waals surface area contributed by atoms with Crippen LogP contribution < -0.4 is 5.32 Å². The number of rotatable bonds is 6. The van der Waals surface area contributed by atoms with Crippen LogP contribution in [0.3, 0.4) is 0 Å². The number of fused-ring (bicyclic) bond motifs is 1. The van der Waals surface area contributed by atoms with E-state index in [2.05, 4.69) is 5.32 Å². The van der Waals surface area contributed by atoms with Crippen LogP contribution in [0.4, 0.5) is 0 Å². The highest BCUT2D eigenvalue weighted by molar-refractivity contribution is 5.95. The number of carbonyl (C=O) groups excluding carboxylic acids is 1. The fourth-order valence-corrected chi connectivity index (χ4v) is 2.91. The van der Waals surface area contributed by atoms with Gasteiger partial charge in [0.25, 0.3) is 5.91 Å². The number of amides is 1. The molecule has 1 heterocycles. The van der Waals surface area contributed by atoms with E-state index in [9.17, 15) is 9.59 Å². The summed E-state index contributed by atoms with van der Waals surface area (Å²) in [5, 5.41) is 11.7. The minimum absolute atomic E-state index is 0.00338. The summed E-state index contributed by atoms with van der Waals surface area (Å²) in [6, 6.07) is 15.1. The van der Waals surface area contributed by atoms with E-state index >= 15 is 0 Å². The van der Waals surface area contributed by atoms with Crippen molar-refractivity contribution in [3.8, 4) is 0 Å². The number of carboxylic acids is 1. The van der Waals surface area contributed by atoms with Crippen molar-refractivity contribution in [3.63, 3.8) is 0 Å². The van der Waals surface area contributed by atoms with Gasteiger partial charge in [-0.25, -0.2) is 0 Å². The Balaban J connectivity index is 1.65. The Morgan fingerprint density at radius 2 is 1.88 bits per heavy atom. The van der Waals surface area contributed by atoms with Crippen molar-refractivity contribution in [3.05, 3.63) is 70.8 Å². The van der Waals surface area contributed by atoms with Crippen molar-refractivity contribution >= 4 is 11.9 Å². The van der Waals surface area contributed by atoms with E-state index in [0.29, 0.717) is 25.1 Å². The molecular weight excluding hydrogens is 306 g/mol. The monoisotopic (exact) mass is 325 g/mol. The summed E-state index contributed by atoms with van der Waals surface area (Å²) in [5.41, 5.74) is 3.52. The zero-order chi connectivity index (χ0) is 16.9. The maximum Gasteiger partial charge on any atom is 0.303 e. The molecule has 1 aliphatic rings. The van der Waals surface area contributed by atoms with Crippen LogP contribution in [0.5, 0.6) is 0 Å². The third-order valence-electron chi connectivity index (χ3n) is 4.16. The van der Waals surface area contributed by atoms with Gasteiger partial charge in [-0.2, -0.15) is 0 Å². The van der Waals surface area contributed by atoms with Crippen molar-refractivity contribution in [1.29, 1.82) is 0 Å². The highest BCUT2D eigenvalue weighted by atomic mass is 16.5. The van der Waals surface area contributed by atoms with E-state index in [4.69, 9.17) is 9.84 Å². The van der Waals surface area contributed by atoms with Crippen LogP contribution >= 0.6 is 0 Å². The topological polar surface area (TPSA) is 75.6 Å². The quantitative estimate of drug-likeness (QED) is 0.856. The Morgan fingerprint density at radius 1 is 1.12 bits per heavy atom. The van der Waals surface area contributed by atoms with Crippen LogP contribution in [-0.2, 0) is 22.6 Å². The van der Waals surface area contributed by atoms with Gasteiger partial charge in [-0.15, -0.1) is 0 Å². The number of benzene rings is 2. The number of carbonyl (C=O) groups is 2. The molecule has 0 saturated heterocycles. The van der Waals surface area contributed by atoms with Crippen LogP contribution in [-0.4, -0.2) is 23.5 Å². The van der Waals surface area contributed by atoms with Gasteiger partial charge in [0.15, 0.2) is 0 Å². The molecule has 2 aromatic rings. The highest BCUT2D eigenvalue weighted by Crippen LogP contribution is 2.29. The predicted octanol–water partition coefficient (Wildman–Crippen LogP) is 2.71. The Bertz CT molecular complexity index is 757. The fourth-order valence-electron chi connectivity index (χ4n) is 2.91. The van der Waals surface area contributed by atoms with Crippen molar-refractivity contribution in [1.82, 2.24) is 5.32 Å². The average molecular weight is 325 g/mol. The van der Waals surface area contributed by atoms with Crippen LogP contribution in [0, 0.1) is 0 Å². The number of aliphatic carboxylic acids is 1. The van der Waals surface area contributed by atoms with Crippen molar-refractivity contribution in [2.24, 2.45) is 0 Å². The molecule has 0 radical (unpaired) electrons. The maximum absolute atomic E-state index is 12.5. The molecule has 5 heteroatoms. The van der Waals surface area contributed by atoms with Crippen molar-refractivity contribution < 1.29 is 19.4 Å². The summed E-state index contributed by atoms with van der Waals surface area (Å²) in [7, 11) is 0. The van der Waals surface area contributed by atoms with Gasteiger partial charge in [-0.1, -0.05) is 42.5 Å². The first-order valence-corrected chi connectivity index (χ1v) is 7.92. The largest absolute Gasteiger partial charge is 0.481 e. The van der Waals surface area contributed by atoms with Gasteiger partial charge in [0.2, 0.25) is 0 Å². The summed E-state index contributed by atoms with van der Waals surface area (Å²) < 4.78 is 5.73. The molecular formula is C19H19NO4. The molecule has 0 spiro atoms. The van der Waals surface area contributed by atoms with E-state index < -0.39 is 5.97 Å². The van der Waals surface area contributed by atoms with Crippen LogP contribution in [0.1, 0.15) is 39.6 Å². The van der Waals surface area contributed by atoms with Gasteiger partial charge in [-0.05, 0) is 29.2 Å². The maximum atomic E-state index is 12.5. The first-order chi connectivity index (χ1) is 11.6. The second kappa shape index (κ2) is 7.27. The van der Waals surface area contributed by atoms with Gasteiger partial charge in [-0.3, -0.25) is 9.59 Å². The summed E-state index contributed by atoms with van der Waals surface area (Å²) in [6.45, 7) is 0.953. The molecule has 2 N–H and O–H groups in total. The molecule has 1 unspecified atom stereocenters. The molecule has 0 bridgehead atoms. The number of aryl methyl sites for hydroxylation is 1. The van der Waals surface area contributed by atoms with Gasteiger partial charge in [0.1, 0.15) is 6.10 Å². The number of carboxylic acid groups (broad SMARTS) is 1. The van der Waals surface area contributed by atoms with Gasteiger partial charge in [0, 0.05) is 18.5 Å². The molecule has 1 atom stereocenters. The molecule has 3 rings (SSSR count). The second-order valence-corrected chi connectivity index (χ2v) is 5.76. The summed E-state index contributed by atoms with van der Waals surface area (Å²) in [6.07, 6.45) is 0.196. The lowest BCUT2D eigenvalue weighted by molar-refractivity contribution is -0.136. The molecule has 0 saturated carbocycles. The zero-order valence-corrected chi connectivity index (χ0v) is 13.2. The Labute approximate surface area is 140 Å². The molecule has 0 fully saturated rings. The van der Waals surface area contributed by atoms with Gasteiger partial charge < -0.3 is 15.2 Å². The number of hydrogen-bond acceptors (Lipinski definition) is 3. The molecule has 124 valence electrons. The minimum Gasteiger partial charge on any atom is -0.481 e. The van der Waals surface area contributed by atoms with Crippen molar-refractivity contribution in [2.75, 3.05) is 6.54 Å². The summed E-state index contributed by atoms with van der Waals surface area (Å²) >= 11 is 0. The van der Waals surface area contributed by atoms with Crippen LogP contribution in [0.2, 0.25) is 0 Å². The number of ether oxygens (including phenoxy) is 1. The number of hydrogen-bond donors (Lipinski definition) is 2. The predicted molar refractivity (Wildman–Crippen MR) is 88.7 cm³/mol. The summed E-state index contributed by atoms with van der Waals surface area (Å²) in [5.74, 6) is -1.08. The van der Waals surface area contributed by atoms with E-state index in [1.165, 1.54) is 0 Å².